The smallest absolute Gasteiger partial charge is 0.0795 e. The molecule has 0 bridgehead atoms. The van der Waals surface area contributed by atoms with E-state index in [1.165, 1.54) is 0 Å². The maximum absolute atomic E-state index is 10.1. The van der Waals surface area contributed by atoms with Crippen LogP contribution in [0.15, 0.2) is 12.9 Å². The minimum Gasteiger partial charge on any atom is -0.216 e. The summed E-state index contributed by atoms with van der Waals surface area (Å²) in [7, 11) is 0. The van der Waals surface area contributed by atoms with Crippen molar-refractivity contribution in [2.24, 2.45) is 0 Å². The summed E-state index contributed by atoms with van der Waals surface area (Å²) in [6.07, 6.45) is 0.250. The molecule has 19 valence electrons. The summed E-state index contributed by atoms with van der Waals surface area (Å²) in [6, 6.07) is 0. The van der Waals surface area contributed by atoms with Gasteiger partial charge < -0.3 is 0 Å². The van der Waals surface area contributed by atoms with Gasteiger partial charge in [0.15, 0.2) is 0 Å². The van der Waals surface area contributed by atoms with Gasteiger partial charge in [0.05, 0.1) is 6.33 Å². The van der Waals surface area contributed by atoms with Gasteiger partial charge in [0.25, 0.3) is 0 Å². The van der Waals surface area contributed by atoms with Gasteiger partial charge in [0, 0.05) is 18.9 Å². The van der Waals surface area contributed by atoms with Crippen LogP contribution in [-0.4, -0.2) is 18.9 Å². The molecule has 4 heavy (non-hydrogen) atoms. The normalized spacial score (nSPS) is 3.25. The summed E-state index contributed by atoms with van der Waals surface area (Å²) in [6.45, 7) is 2.69. The Labute approximate surface area is 36.9 Å². The van der Waals surface area contributed by atoms with Crippen molar-refractivity contribution in [3.8, 4) is 0 Å². The van der Waals surface area contributed by atoms with Crippen LogP contribution in [0.4, 0.5) is 4.39 Å². The van der Waals surface area contributed by atoms with Gasteiger partial charge in [-0.2, -0.15) is 0 Å². The molecule has 0 aromatic rings. The summed E-state index contributed by atoms with van der Waals surface area (Å²) in [4.78, 5) is 0. The van der Waals surface area contributed by atoms with Crippen LogP contribution < -0.4 is 0 Å². The summed E-state index contributed by atoms with van der Waals surface area (Å²) < 4.78 is 10.1. The molecular weight excluding hydrogens is 50.0 g/mol. The van der Waals surface area contributed by atoms with E-state index in [1.54, 1.807) is 0 Å². The first-order valence-electron chi connectivity index (χ1n) is 0.626. The number of hydrogen-bond donors (Lipinski definition) is 0. The maximum atomic E-state index is 10.1. The predicted octanol–water partition coefficient (Wildman–Crippen LogP) is 0.719. The first-order valence-corrected chi connectivity index (χ1v) is 0.626. The van der Waals surface area contributed by atoms with E-state index in [0.29, 0.717) is 0 Å². The molecule has 0 aromatic heterocycles. The van der Waals surface area contributed by atoms with Gasteiger partial charge in [-0.3, -0.25) is 0 Å². The third-order valence-corrected chi connectivity index (χ3v) is 0. The Kier molecular flexibility index (Phi) is 23.2. The standard InChI is InChI=1S/C2H3F.Li/c1-2-3;/h2H,1H2;. The Hall–Kier alpha value is 0.267. The van der Waals surface area contributed by atoms with Crippen molar-refractivity contribution >= 4 is 18.9 Å². The van der Waals surface area contributed by atoms with Crippen LogP contribution in [0.3, 0.4) is 0 Å². The van der Waals surface area contributed by atoms with Crippen LogP contribution in [0.1, 0.15) is 0 Å². The van der Waals surface area contributed by atoms with Crippen LogP contribution in [0.2, 0.25) is 0 Å². The van der Waals surface area contributed by atoms with Crippen molar-refractivity contribution < 1.29 is 4.39 Å². The molecule has 0 saturated carbocycles. The minimum absolute atomic E-state index is 0. The van der Waals surface area contributed by atoms with Crippen LogP contribution in [-0.2, 0) is 0 Å². The molecule has 0 fully saturated rings. The van der Waals surface area contributed by atoms with E-state index in [1.807, 2.05) is 0 Å². The fourth-order valence-electron chi connectivity index (χ4n) is 0. The average molecular weight is 53.0 g/mol. The average Bonchev–Trinajstić information content (AvgIpc) is 0.918. The van der Waals surface area contributed by atoms with Crippen molar-refractivity contribution in [2.45, 2.75) is 0 Å². The van der Waals surface area contributed by atoms with Gasteiger partial charge in [-0.15, -0.1) is 0 Å². The van der Waals surface area contributed by atoms with Gasteiger partial charge in [0.1, 0.15) is 0 Å². The third-order valence-electron chi connectivity index (χ3n) is 0. The molecule has 0 unspecified atom stereocenters. The molecule has 1 radical (unpaired) electrons. The zero-order chi connectivity index (χ0) is 2.71. The number of halogens is 1. The van der Waals surface area contributed by atoms with E-state index in [-0.39, 0.29) is 25.2 Å². The minimum atomic E-state index is 0. The first-order chi connectivity index (χ1) is 1.41. The monoisotopic (exact) mass is 53.0 g/mol. The van der Waals surface area contributed by atoms with E-state index in [0.717, 1.165) is 0 Å². The molecular formula is C2H3FLi. The summed E-state index contributed by atoms with van der Waals surface area (Å²) in [5.41, 5.74) is 0. The molecule has 0 aliphatic rings. The van der Waals surface area contributed by atoms with Gasteiger partial charge >= 0.3 is 0 Å². The van der Waals surface area contributed by atoms with E-state index in [4.69, 9.17) is 0 Å². The largest absolute Gasteiger partial charge is 0.216 e. The molecule has 0 aliphatic carbocycles. The fourth-order valence-corrected chi connectivity index (χ4v) is 0. The molecule has 0 amide bonds. The van der Waals surface area contributed by atoms with Gasteiger partial charge in [-0.1, -0.05) is 6.58 Å². The van der Waals surface area contributed by atoms with Crippen LogP contribution >= 0.6 is 0 Å². The molecule has 0 spiro atoms. The zero-order valence-electron chi connectivity index (χ0n) is 2.66. The van der Waals surface area contributed by atoms with Gasteiger partial charge in [0.2, 0.25) is 0 Å². The van der Waals surface area contributed by atoms with Gasteiger partial charge in [-0.25, -0.2) is 4.39 Å². The molecule has 0 saturated heterocycles. The quantitative estimate of drug-likeness (QED) is 0.357. The third kappa shape index (κ3) is 50.9. The van der Waals surface area contributed by atoms with Crippen LogP contribution in [0.5, 0.6) is 0 Å². The van der Waals surface area contributed by atoms with E-state index in [9.17, 15) is 4.39 Å². The molecule has 2 heteroatoms. The molecule has 0 aliphatic heterocycles. The molecule has 0 rings (SSSR count). The number of rotatable bonds is 0. The molecule has 0 atom stereocenters. The Morgan fingerprint density at radius 1 is 1.75 bits per heavy atom. The first kappa shape index (κ1) is 8.86. The van der Waals surface area contributed by atoms with Crippen LogP contribution in [0.25, 0.3) is 0 Å². The number of hydrogen-bond acceptors (Lipinski definition) is 0. The van der Waals surface area contributed by atoms with Crippen molar-refractivity contribution in [1.29, 1.82) is 0 Å². The Balaban J connectivity index is 0. The topological polar surface area (TPSA) is 0 Å². The second-order valence-electron chi connectivity index (χ2n) is 0.154. The maximum Gasteiger partial charge on any atom is 0.0795 e. The van der Waals surface area contributed by atoms with E-state index in [2.05, 4.69) is 6.58 Å². The van der Waals surface area contributed by atoms with E-state index >= 15 is 0 Å². The zero-order valence-corrected chi connectivity index (χ0v) is 2.66. The molecule has 0 aromatic carbocycles. The SMILES string of the molecule is C=CF.[Li]. The second kappa shape index (κ2) is 10.5. The fraction of sp³-hybridized carbons (Fsp3) is 0. The Morgan fingerprint density at radius 2 is 1.75 bits per heavy atom. The van der Waals surface area contributed by atoms with Crippen molar-refractivity contribution in [2.75, 3.05) is 0 Å². The Bertz CT molecular complexity index is 13.5. The Morgan fingerprint density at radius 3 is 1.75 bits per heavy atom. The summed E-state index contributed by atoms with van der Waals surface area (Å²) in [5.74, 6) is 0. The van der Waals surface area contributed by atoms with Crippen molar-refractivity contribution in [3.05, 3.63) is 12.9 Å². The van der Waals surface area contributed by atoms with Crippen molar-refractivity contribution in [3.63, 3.8) is 0 Å². The van der Waals surface area contributed by atoms with Crippen molar-refractivity contribution in [1.82, 2.24) is 0 Å². The molecule has 0 heterocycles. The molecule has 0 N–H and O–H groups in total. The molecule has 0 nitrogen and oxygen atoms in total. The van der Waals surface area contributed by atoms with Gasteiger partial charge in [-0.05, 0) is 0 Å². The second-order valence-corrected chi connectivity index (χ2v) is 0.154. The predicted molar refractivity (Wildman–Crippen MR) is 17.1 cm³/mol. The van der Waals surface area contributed by atoms with E-state index < -0.39 is 0 Å². The summed E-state index contributed by atoms with van der Waals surface area (Å²) in [5, 5.41) is 0. The van der Waals surface area contributed by atoms with Crippen LogP contribution in [0, 0.1) is 0 Å². The summed E-state index contributed by atoms with van der Waals surface area (Å²) >= 11 is 0.